The van der Waals surface area contributed by atoms with Crippen LogP contribution < -0.4 is 4.74 Å². The van der Waals surface area contributed by atoms with Gasteiger partial charge in [-0.05, 0) is 44.5 Å². The lowest BCUT2D eigenvalue weighted by molar-refractivity contribution is 0.0526. The Morgan fingerprint density at radius 3 is 2.72 bits per heavy atom. The third-order valence-electron chi connectivity index (χ3n) is 4.66. The summed E-state index contributed by atoms with van der Waals surface area (Å²) in [5, 5.41) is 0. The van der Waals surface area contributed by atoms with Crippen molar-refractivity contribution in [2.45, 2.75) is 33.4 Å². The van der Waals surface area contributed by atoms with Crippen LogP contribution in [0.2, 0.25) is 0 Å². The van der Waals surface area contributed by atoms with Crippen molar-refractivity contribution in [3.05, 3.63) is 64.7 Å². The van der Waals surface area contributed by atoms with Crippen molar-refractivity contribution in [1.82, 2.24) is 4.90 Å². The van der Waals surface area contributed by atoms with E-state index in [1.807, 2.05) is 19.1 Å². The maximum atomic E-state index is 12.1. The van der Waals surface area contributed by atoms with E-state index in [1.54, 1.807) is 6.07 Å². The first kappa shape index (κ1) is 17.5. The van der Waals surface area contributed by atoms with Gasteiger partial charge in [0.15, 0.2) is 0 Å². The minimum Gasteiger partial charge on any atom is -0.492 e. The number of rotatable bonds is 4. The Hall–Kier alpha value is -2.33. The number of esters is 1. The van der Waals surface area contributed by atoms with Gasteiger partial charge < -0.3 is 9.47 Å². The zero-order chi connectivity index (χ0) is 17.8. The lowest BCUT2D eigenvalue weighted by Crippen LogP contribution is -2.28. The van der Waals surface area contributed by atoms with Gasteiger partial charge in [0.2, 0.25) is 0 Å². The first-order valence-electron chi connectivity index (χ1n) is 8.82. The van der Waals surface area contributed by atoms with E-state index in [0.29, 0.717) is 18.8 Å². The highest BCUT2D eigenvalue weighted by molar-refractivity contribution is 5.89. The normalized spacial score (nSPS) is 17.3. The van der Waals surface area contributed by atoms with Crippen LogP contribution in [0.15, 0.2) is 42.5 Å². The molecular weight excluding hydrogens is 314 g/mol. The SMILES string of the molecule is CCOC(=O)c1ccc2c(c1)C(C)N(Cc1ccc(C)cc1)CCO2. The summed E-state index contributed by atoms with van der Waals surface area (Å²) < 4.78 is 11.0. The van der Waals surface area contributed by atoms with E-state index < -0.39 is 0 Å². The van der Waals surface area contributed by atoms with Gasteiger partial charge in [-0.1, -0.05) is 29.8 Å². The summed E-state index contributed by atoms with van der Waals surface area (Å²) in [6.45, 7) is 8.79. The molecule has 1 unspecified atom stereocenters. The fourth-order valence-corrected chi connectivity index (χ4v) is 3.15. The van der Waals surface area contributed by atoms with Gasteiger partial charge >= 0.3 is 5.97 Å². The van der Waals surface area contributed by atoms with E-state index in [4.69, 9.17) is 9.47 Å². The quantitative estimate of drug-likeness (QED) is 0.785. The minimum atomic E-state index is -0.285. The molecule has 4 nitrogen and oxygen atoms in total. The van der Waals surface area contributed by atoms with Crippen molar-refractivity contribution in [3.8, 4) is 5.75 Å². The third-order valence-corrected chi connectivity index (χ3v) is 4.66. The smallest absolute Gasteiger partial charge is 0.338 e. The second-order valence-corrected chi connectivity index (χ2v) is 6.45. The summed E-state index contributed by atoms with van der Waals surface area (Å²) >= 11 is 0. The van der Waals surface area contributed by atoms with Gasteiger partial charge in [0.25, 0.3) is 0 Å². The van der Waals surface area contributed by atoms with Crippen molar-refractivity contribution in [3.63, 3.8) is 0 Å². The highest BCUT2D eigenvalue weighted by Gasteiger charge is 2.24. The maximum Gasteiger partial charge on any atom is 0.338 e. The van der Waals surface area contributed by atoms with E-state index in [1.165, 1.54) is 11.1 Å². The molecule has 0 aromatic heterocycles. The zero-order valence-corrected chi connectivity index (χ0v) is 15.1. The van der Waals surface area contributed by atoms with E-state index in [2.05, 4.69) is 43.0 Å². The highest BCUT2D eigenvalue weighted by Crippen LogP contribution is 2.33. The number of carbonyl (C=O) groups is 1. The Labute approximate surface area is 149 Å². The van der Waals surface area contributed by atoms with Gasteiger partial charge in [0.05, 0.1) is 12.2 Å². The fraction of sp³-hybridized carbons (Fsp3) is 0.381. The average Bonchev–Trinajstić information content (AvgIpc) is 2.76. The molecule has 0 saturated carbocycles. The fourth-order valence-electron chi connectivity index (χ4n) is 3.15. The first-order chi connectivity index (χ1) is 12.1. The summed E-state index contributed by atoms with van der Waals surface area (Å²) in [5.41, 5.74) is 4.16. The molecule has 0 saturated heterocycles. The van der Waals surface area contributed by atoms with E-state index in [9.17, 15) is 4.79 Å². The second kappa shape index (κ2) is 7.70. The number of nitrogens with zero attached hydrogens (tertiary/aromatic N) is 1. The number of ether oxygens (including phenoxy) is 2. The van der Waals surface area contributed by atoms with Crippen LogP contribution in [0, 0.1) is 6.92 Å². The highest BCUT2D eigenvalue weighted by atomic mass is 16.5. The predicted octanol–water partition coefficient (Wildman–Crippen LogP) is 4.13. The van der Waals surface area contributed by atoms with Crippen LogP contribution in [-0.4, -0.2) is 30.6 Å². The Morgan fingerprint density at radius 2 is 2.00 bits per heavy atom. The van der Waals surface area contributed by atoms with Gasteiger partial charge in [0, 0.05) is 24.7 Å². The number of hydrogen-bond acceptors (Lipinski definition) is 4. The monoisotopic (exact) mass is 339 g/mol. The number of hydrogen-bond donors (Lipinski definition) is 0. The summed E-state index contributed by atoms with van der Waals surface area (Å²) in [5.74, 6) is 0.568. The molecule has 0 bridgehead atoms. The molecule has 1 aliphatic rings. The molecule has 0 radical (unpaired) electrons. The zero-order valence-electron chi connectivity index (χ0n) is 15.1. The average molecular weight is 339 g/mol. The molecule has 2 aromatic carbocycles. The summed E-state index contributed by atoms with van der Waals surface area (Å²) in [4.78, 5) is 14.4. The van der Waals surface area contributed by atoms with Crippen LogP contribution in [-0.2, 0) is 11.3 Å². The van der Waals surface area contributed by atoms with Crippen LogP contribution in [0.3, 0.4) is 0 Å². The van der Waals surface area contributed by atoms with Crippen molar-refractivity contribution in [2.24, 2.45) is 0 Å². The van der Waals surface area contributed by atoms with Gasteiger partial charge in [-0.15, -0.1) is 0 Å². The molecule has 1 heterocycles. The Bertz CT molecular complexity index is 739. The van der Waals surface area contributed by atoms with Crippen molar-refractivity contribution < 1.29 is 14.3 Å². The lowest BCUT2D eigenvalue weighted by Gasteiger charge is -2.27. The van der Waals surface area contributed by atoms with Crippen LogP contribution in [0.4, 0.5) is 0 Å². The summed E-state index contributed by atoms with van der Waals surface area (Å²) in [6.07, 6.45) is 0. The van der Waals surface area contributed by atoms with Crippen LogP contribution in [0.1, 0.15) is 46.9 Å². The molecule has 1 atom stereocenters. The largest absolute Gasteiger partial charge is 0.492 e. The van der Waals surface area contributed by atoms with E-state index >= 15 is 0 Å². The molecule has 0 aliphatic carbocycles. The minimum absolute atomic E-state index is 0.160. The van der Waals surface area contributed by atoms with Gasteiger partial charge in [-0.25, -0.2) is 4.79 Å². The molecule has 2 aromatic rings. The molecule has 132 valence electrons. The number of benzene rings is 2. The summed E-state index contributed by atoms with van der Waals surface area (Å²) in [6, 6.07) is 14.3. The van der Waals surface area contributed by atoms with Crippen LogP contribution in [0.5, 0.6) is 5.75 Å². The van der Waals surface area contributed by atoms with Crippen LogP contribution >= 0.6 is 0 Å². The Morgan fingerprint density at radius 1 is 1.24 bits per heavy atom. The van der Waals surface area contributed by atoms with Crippen LogP contribution in [0.25, 0.3) is 0 Å². The van der Waals surface area contributed by atoms with Crippen molar-refractivity contribution in [2.75, 3.05) is 19.8 Å². The number of aryl methyl sites for hydroxylation is 1. The second-order valence-electron chi connectivity index (χ2n) is 6.45. The lowest BCUT2D eigenvalue weighted by atomic mass is 10.0. The number of carbonyl (C=O) groups excluding carboxylic acids is 1. The van der Waals surface area contributed by atoms with Gasteiger partial charge in [0.1, 0.15) is 12.4 Å². The first-order valence-corrected chi connectivity index (χ1v) is 8.82. The van der Waals surface area contributed by atoms with Gasteiger partial charge in [-0.3, -0.25) is 4.90 Å². The van der Waals surface area contributed by atoms with Crippen molar-refractivity contribution in [1.29, 1.82) is 0 Å². The van der Waals surface area contributed by atoms with E-state index in [0.717, 1.165) is 24.4 Å². The molecule has 4 heteroatoms. The maximum absolute atomic E-state index is 12.1. The Kier molecular flexibility index (Phi) is 5.39. The molecule has 1 aliphatic heterocycles. The van der Waals surface area contributed by atoms with Gasteiger partial charge in [-0.2, -0.15) is 0 Å². The molecule has 3 rings (SSSR count). The predicted molar refractivity (Wildman–Crippen MR) is 97.9 cm³/mol. The van der Waals surface area contributed by atoms with Crippen molar-refractivity contribution >= 4 is 5.97 Å². The molecule has 25 heavy (non-hydrogen) atoms. The third kappa shape index (κ3) is 4.02. The number of fused-ring (bicyclic) bond motifs is 1. The molecule has 0 N–H and O–H groups in total. The topological polar surface area (TPSA) is 38.8 Å². The summed E-state index contributed by atoms with van der Waals surface area (Å²) in [7, 11) is 0. The van der Waals surface area contributed by atoms with E-state index in [-0.39, 0.29) is 12.0 Å². The molecule has 0 amide bonds. The standard InChI is InChI=1S/C21H25NO3/c1-4-24-21(23)18-9-10-20-19(13-18)16(3)22(11-12-25-20)14-17-7-5-15(2)6-8-17/h5-10,13,16H,4,11-12,14H2,1-3H3. The molecule has 0 fully saturated rings. The molecular formula is C21H25NO3. The Balaban J connectivity index is 1.84. The molecule has 0 spiro atoms.